The molecular formula is C25H35N7O. The Balaban J connectivity index is 1.31. The molecule has 0 aliphatic heterocycles. The molecule has 8 heteroatoms. The van der Waals surface area contributed by atoms with Crippen LogP contribution >= 0.6 is 0 Å². The van der Waals surface area contributed by atoms with Crippen molar-refractivity contribution in [2.75, 3.05) is 6.54 Å². The van der Waals surface area contributed by atoms with Crippen LogP contribution in [0.5, 0.6) is 0 Å². The van der Waals surface area contributed by atoms with E-state index in [9.17, 15) is 4.79 Å². The number of aromatic nitrogens is 4. The van der Waals surface area contributed by atoms with Crippen molar-refractivity contribution in [3.05, 3.63) is 71.8 Å². The van der Waals surface area contributed by atoms with E-state index in [4.69, 9.17) is 0 Å². The molecule has 1 amide bonds. The maximum Gasteiger partial charge on any atom is 0.254 e. The SMILES string of the molecule is CCCNC1CCC(NCc2ccc(C(=O)N(Cc3ncc[nH]3)Cc3ncc[nH]3)cc2)CC1. The molecule has 4 N–H and O–H groups in total. The fraction of sp³-hybridized carbons (Fsp3) is 0.480. The van der Waals surface area contributed by atoms with E-state index in [1.54, 1.807) is 29.7 Å². The molecule has 0 bridgehead atoms. The summed E-state index contributed by atoms with van der Waals surface area (Å²) in [7, 11) is 0. The Labute approximate surface area is 195 Å². The second-order valence-electron chi connectivity index (χ2n) is 8.81. The predicted octanol–water partition coefficient (Wildman–Crippen LogP) is 3.38. The molecule has 0 unspecified atom stereocenters. The lowest BCUT2D eigenvalue weighted by Crippen LogP contribution is -2.39. The fourth-order valence-electron chi connectivity index (χ4n) is 4.39. The summed E-state index contributed by atoms with van der Waals surface area (Å²) in [5.41, 5.74) is 1.86. The first-order valence-electron chi connectivity index (χ1n) is 12.0. The Bertz CT molecular complexity index is 909. The maximum atomic E-state index is 13.2. The molecule has 1 aromatic carbocycles. The van der Waals surface area contributed by atoms with E-state index >= 15 is 0 Å². The lowest BCUT2D eigenvalue weighted by atomic mass is 9.91. The number of imidazole rings is 2. The lowest BCUT2D eigenvalue weighted by molar-refractivity contribution is 0.0721. The van der Waals surface area contributed by atoms with Crippen LogP contribution in [-0.2, 0) is 19.6 Å². The number of amides is 1. The van der Waals surface area contributed by atoms with Gasteiger partial charge in [-0.05, 0) is 56.3 Å². The van der Waals surface area contributed by atoms with Gasteiger partial charge < -0.3 is 25.5 Å². The normalized spacial score (nSPS) is 18.3. The van der Waals surface area contributed by atoms with Crippen molar-refractivity contribution in [2.45, 2.75) is 70.7 Å². The Morgan fingerprint density at radius 3 is 2.03 bits per heavy atom. The number of rotatable bonds is 11. The lowest BCUT2D eigenvalue weighted by Gasteiger charge is -2.30. The van der Waals surface area contributed by atoms with Gasteiger partial charge >= 0.3 is 0 Å². The van der Waals surface area contributed by atoms with Crippen molar-refractivity contribution in [3.63, 3.8) is 0 Å². The molecule has 2 aromatic heterocycles. The highest BCUT2D eigenvalue weighted by Gasteiger charge is 2.21. The molecule has 2 heterocycles. The van der Waals surface area contributed by atoms with Gasteiger partial charge in [-0.15, -0.1) is 0 Å². The molecule has 0 spiro atoms. The van der Waals surface area contributed by atoms with E-state index in [0.717, 1.165) is 24.7 Å². The number of hydrogen-bond acceptors (Lipinski definition) is 5. The molecule has 0 saturated heterocycles. The quantitative estimate of drug-likeness (QED) is 0.360. The van der Waals surface area contributed by atoms with E-state index < -0.39 is 0 Å². The molecule has 8 nitrogen and oxygen atoms in total. The predicted molar refractivity (Wildman–Crippen MR) is 128 cm³/mol. The van der Waals surface area contributed by atoms with Crippen molar-refractivity contribution in [1.29, 1.82) is 0 Å². The highest BCUT2D eigenvalue weighted by Crippen LogP contribution is 2.19. The number of carbonyl (C=O) groups excluding carboxylic acids is 1. The standard InChI is InChI=1S/C25H35N7O/c1-2-11-26-21-7-9-22(10-8-21)31-16-19-3-5-20(6-4-19)25(33)32(17-23-27-12-13-28-23)18-24-29-14-15-30-24/h3-6,12-15,21-22,26,31H,2,7-11,16-18H2,1H3,(H,27,28)(H,29,30). The minimum atomic E-state index is -0.0415. The van der Waals surface area contributed by atoms with Gasteiger partial charge in [0, 0.05) is 49.0 Å². The molecule has 1 aliphatic rings. The molecule has 1 aliphatic carbocycles. The van der Waals surface area contributed by atoms with Crippen LogP contribution < -0.4 is 10.6 Å². The molecular weight excluding hydrogens is 414 g/mol. The summed E-state index contributed by atoms with van der Waals surface area (Å²) >= 11 is 0. The summed E-state index contributed by atoms with van der Waals surface area (Å²) in [6, 6.07) is 9.19. The van der Waals surface area contributed by atoms with Gasteiger partial charge in [-0.25, -0.2) is 9.97 Å². The van der Waals surface area contributed by atoms with E-state index in [1.165, 1.54) is 37.7 Å². The number of nitrogens with one attached hydrogen (secondary N) is 4. The minimum absolute atomic E-state index is 0.0415. The van der Waals surface area contributed by atoms with Crippen LogP contribution in [-0.4, -0.2) is 49.4 Å². The first kappa shape index (κ1) is 23.2. The van der Waals surface area contributed by atoms with Gasteiger partial charge in [-0.2, -0.15) is 0 Å². The topological polar surface area (TPSA) is 102 Å². The Morgan fingerprint density at radius 2 is 1.52 bits per heavy atom. The molecule has 0 atom stereocenters. The Hall–Kier alpha value is -2.97. The molecule has 3 aromatic rings. The Kier molecular flexibility index (Phi) is 8.27. The van der Waals surface area contributed by atoms with Crippen LogP contribution in [0.1, 0.15) is 66.6 Å². The number of H-pyrrole nitrogens is 2. The van der Waals surface area contributed by atoms with Gasteiger partial charge in [-0.3, -0.25) is 4.79 Å². The maximum absolute atomic E-state index is 13.2. The molecule has 176 valence electrons. The Morgan fingerprint density at radius 1 is 0.939 bits per heavy atom. The third-order valence-electron chi connectivity index (χ3n) is 6.28. The third kappa shape index (κ3) is 6.76. The van der Waals surface area contributed by atoms with Gasteiger partial charge in [0.15, 0.2) is 0 Å². The number of nitrogens with zero attached hydrogens (tertiary/aromatic N) is 3. The van der Waals surface area contributed by atoms with Crippen LogP contribution in [0, 0.1) is 0 Å². The molecule has 0 radical (unpaired) electrons. The van der Waals surface area contributed by atoms with Crippen LogP contribution in [0.25, 0.3) is 0 Å². The highest BCUT2D eigenvalue weighted by molar-refractivity contribution is 5.94. The summed E-state index contributed by atoms with van der Waals surface area (Å²) in [6.07, 6.45) is 13.0. The zero-order chi connectivity index (χ0) is 22.9. The van der Waals surface area contributed by atoms with Gasteiger partial charge in [0.2, 0.25) is 0 Å². The smallest absolute Gasteiger partial charge is 0.254 e. The molecule has 1 saturated carbocycles. The summed E-state index contributed by atoms with van der Waals surface area (Å²) in [4.78, 5) is 29.7. The minimum Gasteiger partial charge on any atom is -0.347 e. The monoisotopic (exact) mass is 449 g/mol. The van der Waals surface area contributed by atoms with Gasteiger partial charge in [-0.1, -0.05) is 19.1 Å². The summed E-state index contributed by atoms with van der Waals surface area (Å²) in [5.74, 6) is 1.45. The molecule has 4 rings (SSSR count). The van der Waals surface area contributed by atoms with Crippen molar-refractivity contribution in [3.8, 4) is 0 Å². The molecule has 1 fully saturated rings. The van der Waals surface area contributed by atoms with Crippen molar-refractivity contribution < 1.29 is 4.79 Å². The first-order chi connectivity index (χ1) is 16.2. The van der Waals surface area contributed by atoms with Crippen molar-refractivity contribution in [2.24, 2.45) is 0 Å². The van der Waals surface area contributed by atoms with Gasteiger partial charge in [0.05, 0.1) is 13.1 Å². The van der Waals surface area contributed by atoms with Crippen LogP contribution in [0.2, 0.25) is 0 Å². The van der Waals surface area contributed by atoms with E-state index in [-0.39, 0.29) is 5.91 Å². The van der Waals surface area contributed by atoms with E-state index in [2.05, 4.69) is 37.5 Å². The largest absolute Gasteiger partial charge is 0.347 e. The number of carbonyl (C=O) groups is 1. The van der Waals surface area contributed by atoms with Crippen LogP contribution in [0.3, 0.4) is 0 Å². The van der Waals surface area contributed by atoms with Gasteiger partial charge in [0.1, 0.15) is 11.6 Å². The second-order valence-corrected chi connectivity index (χ2v) is 8.81. The highest BCUT2D eigenvalue weighted by atomic mass is 16.2. The van der Waals surface area contributed by atoms with Crippen molar-refractivity contribution in [1.82, 2.24) is 35.5 Å². The number of aromatic amines is 2. The van der Waals surface area contributed by atoms with Crippen LogP contribution in [0.15, 0.2) is 49.1 Å². The summed E-state index contributed by atoms with van der Waals surface area (Å²) in [6.45, 7) is 4.95. The first-order valence-corrected chi connectivity index (χ1v) is 12.0. The molecule has 33 heavy (non-hydrogen) atoms. The third-order valence-corrected chi connectivity index (χ3v) is 6.28. The summed E-state index contributed by atoms with van der Waals surface area (Å²) < 4.78 is 0. The van der Waals surface area contributed by atoms with Crippen molar-refractivity contribution >= 4 is 5.91 Å². The number of hydrogen-bond donors (Lipinski definition) is 4. The summed E-state index contributed by atoms with van der Waals surface area (Å²) in [5, 5.41) is 7.34. The average molecular weight is 450 g/mol. The van der Waals surface area contributed by atoms with E-state index in [1.807, 2.05) is 24.3 Å². The van der Waals surface area contributed by atoms with E-state index in [0.29, 0.717) is 30.7 Å². The second kappa shape index (κ2) is 11.8. The van der Waals surface area contributed by atoms with Crippen LogP contribution in [0.4, 0.5) is 0 Å². The average Bonchev–Trinajstić information content (AvgIpc) is 3.56. The zero-order valence-corrected chi connectivity index (χ0v) is 19.4. The number of benzene rings is 1. The fourth-order valence-corrected chi connectivity index (χ4v) is 4.39. The van der Waals surface area contributed by atoms with Gasteiger partial charge in [0.25, 0.3) is 5.91 Å². The zero-order valence-electron chi connectivity index (χ0n) is 19.4.